The Hall–Kier alpha value is -1.77. The van der Waals surface area contributed by atoms with E-state index in [1.807, 2.05) is 29.7 Å². The molecule has 3 aromatic rings. The third-order valence-corrected chi connectivity index (χ3v) is 7.25. The lowest BCUT2D eigenvalue weighted by Gasteiger charge is -2.03. The lowest BCUT2D eigenvalue weighted by molar-refractivity contribution is 0.0997. The molecule has 0 aliphatic rings. The van der Waals surface area contributed by atoms with Gasteiger partial charge in [0.05, 0.1) is 20.9 Å². The van der Waals surface area contributed by atoms with Gasteiger partial charge >= 0.3 is 0 Å². The number of carbonyl (C=O) groups is 1. The summed E-state index contributed by atoms with van der Waals surface area (Å²) >= 11 is 4.88. The number of thiazole rings is 1. The van der Waals surface area contributed by atoms with Crippen molar-refractivity contribution in [3.63, 3.8) is 0 Å². The summed E-state index contributed by atoms with van der Waals surface area (Å²) in [5.41, 5.74) is 1.27. The Labute approximate surface area is 164 Å². The zero-order valence-corrected chi connectivity index (χ0v) is 17.5. The maximum Gasteiger partial charge on any atom is 0.279 e. The molecule has 0 unspecified atom stereocenters. The second kappa shape index (κ2) is 7.46. The highest BCUT2D eigenvalue weighted by Gasteiger charge is 2.14. The molecule has 0 radical (unpaired) electrons. The van der Waals surface area contributed by atoms with E-state index in [-0.39, 0.29) is 16.2 Å². The van der Waals surface area contributed by atoms with E-state index in [1.54, 1.807) is 19.1 Å². The van der Waals surface area contributed by atoms with Crippen molar-refractivity contribution >= 4 is 53.2 Å². The highest BCUT2D eigenvalue weighted by atomic mass is 79.9. The molecule has 0 bridgehead atoms. The van der Waals surface area contributed by atoms with Crippen molar-refractivity contribution in [1.29, 1.82) is 0 Å². The number of nitrogens with zero attached hydrogens (tertiary/aromatic N) is 2. The van der Waals surface area contributed by atoms with Gasteiger partial charge in [0.1, 0.15) is 0 Å². The fourth-order valence-corrected chi connectivity index (χ4v) is 5.15. The molecular weight excluding hydrogens is 436 g/mol. The van der Waals surface area contributed by atoms with Crippen molar-refractivity contribution in [3.05, 3.63) is 57.3 Å². The van der Waals surface area contributed by atoms with Gasteiger partial charge in [-0.2, -0.15) is 4.99 Å². The molecule has 0 saturated heterocycles. The van der Waals surface area contributed by atoms with E-state index in [1.165, 1.54) is 23.5 Å². The molecule has 0 N–H and O–H groups in total. The van der Waals surface area contributed by atoms with Gasteiger partial charge in [0, 0.05) is 16.6 Å². The van der Waals surface area contributed by atoms with Crippen LogP contribution in [0.25, 0.3) is 10.2 Å². The van der Waals surface area contributed by atoms with Crippen LogP contribution in [0.2, 0.25) is 0 Å². The largest absolute Gasteiger partial charge is 0.317 e. The number of aromatic nitrogens is 1. The van der Waals surface area contributed by atoms with Crippen LogP contribution in [-0.2, 0) is 16.4 Å². The standard InChI is InChI=1S/C18H17BrN2O3S2/c1-3-21-15-9-8-13(19)11-16(15)25-18(21)20-17(22)12-6-5-7-14(10-12)26(23,24)4-2/h5-11H,3-4H2,1-2H3. The minimum absolute atomic E-state index is 0.0111. The van der Waals surface area contributed by atoms with Gasteiger partial charge < -0.3 is 4.57 Å². The van der Waals surface area contributed by atoms with Gasteiger partial charge in [-0.25, -0.2) is 8.42 Å². The van der Waals surface area contributed by atoms with Crippen LogP contribution in [0.4, 0.5) is 0 Å². The number of hydrogen-bond acceptors (Lipinski definition) is 4. The normalized spacial score (nSPS) is 12.7. The molecule has 8 heteroatoms. The molecule has 3 rings (SSSR count). The average molecular weight is 453 g/mol. The third kappa shape index (κ3) is 3.67. The first-order valence-corrected chi connectivity index (χ1v) is 11.3. The minimum atomic E-state index is -3.37. The predicted molar refractivity (Wildman–Crippen MR) is 107 cm³/mol. The number of fused-ring (bicyclic) bond motifs is 1. The van der Waals surface area contributed by atoms with Gasteiger partial charge in [-0.1, -0.05) is 40.3 Å². The maximum atomic E-state index is 12.6. The Morgan fingerprint density at radius 3 is 2.65 bits per heavy atom. The summed E-state index contributed by atoms with van der Waals surface area (Å²) in [6, 6.07) is 12.0. The number of benzene rings is 2. The highest BCUT2D eigenvalue weighted by molar-refractivity contribution is 9.10. The minimum Gasteiger partial charge on any atom is -0.317 e. The molecule has 136 valence electrons. The van der Waals surface area contributed by atoms with Crippen molar-refractivity contribution in [3.8, 4) is 0 Å². The first-order chi connectivity index (χ1) is 12.4. The van der Waals surface area contributed by atoms with Gasteiger partial charge in [0.25, 0.3) is 5.91 Å². The lowest BCUT2D eigenvalue weighted by atomic mass is 10.2. The van der Waals surface area contributed by atoms with Crippen molar-refractivity contribution in [1.82, 2.24) is 4.57 Å². The Balaban J connectivity index is 2.10. The molecule has 0 spiro atoms. The molecule has 1 amide bonds. The summed E-state index contributed by atoms with van der Waals surface area (Å²) in [7, 11) is -3.37. The van der Waals surface area contributed by atoms with Crippen molar-refractivity contribution in [2.45, 2.75) is 25.3 Å². The molecule has 2 aromatic carbocycles. The van der Waals surface area contributed by atoms with E-state index in [2.05, 4.69) is 20.9 Å². The van der Waals surface area contributed by atoms with Crippen LogP contribution >= 0.6 is 27.3 Å². The summed E-state index contributed by atoms with van der Waals surface area (Å²) in [4.78, 5) is 17.6. The number of hydrogen-bond donors (Lipinski definition) is 0. The van der Waals surface area contributed by atoms with Crippen LogP contribution in [0, 0.1) is 0 Å². The zero-order chi connectivity index (χ0) is 18.9. The Morgan fingerprint density at radius 2 is 1.96 bits per heavy atom. The van der Waals surface area contributed by atoms with E-state index in [0.29, 0.717) is 11.3 Å². The van der Waals surface area contributed by atoms with Crippen molar-refractivity contribution in [2.24, 2.45) is 4.99 Å². The molecule has 0 fully saturated rings. The Kier molecular flexibility index (Phi) is 5.45. The molecular formula is C18H17BrN2O3S2. The second-order valence-electron chi connectivity index (χ2n) is 5.59. The van der Waals surface area contributed by atoms with Crippen LogP contribution in [-0.4, -0.2) is 24.6 Å². The van der Waals surface area contributed by atoms with Gasteiger partial charge in [-0.3, -0.25) is 4.79 Å². The summed E-state index contributed by atoms with van der Waals surface area (Å²) < 4.78 is 28.0. The van der Waals surface area contributed by atoms with Gasteiger partial charge in [0.2, 0.25) is 0 Å². The number of carbonyl (C=O) groups excluding carboxylic acids is 1. The molecule has 0 aliphatic heterocycles. The molecule has 0 aliphatic carbocycles. The topological polar surface area (TPSA) is 68.5 Å². The van der Waals surface area contributed by atoms with Crippen LogP contribution in [0.3, 0.4) is 0 Å². The van der Waals surface area contributed by atoms with Gasteiger partial charge in [-0.15, -0.1) is 0 Å². The van der Waals surface area contributed by atoms with Gasteiger partial charge in [0.15, 0.2) is 14.6 Å². The molecule has 1 heterocycles. The number of sulfone groups is 1. The molecule has 0 atom stereocenters. The summed E-state index contributed by atoms with van der Waals surface area (Å²) in [6.45, 7) is 4.25. The van der Waals surface area contributed by atoms with Crippen LogP contribution < -0.4 is 4.80 Å². The molecule has 0 saturated carbocycles. The summed E-state index contributed by atoms with van der Waals surface area (Å²) in [6.07, 6.45) is 0. The number of halogens is 1. The molecule has 1 aromatic heterocycles. The predicted octanol–water partition coefficient (Wildman–Crippen LogP) is 4.02. The van der Waals surface area contributed by atoms with Crippen LogP contribution in [0.15, 0.2) is 56.8 Å². The van der Waals surface area contributed by atoms with Crippen molar-refractivity contribution in [2.75, 3.05) is 5.75 Å². The SMILES string of the molecule is CCn1c(=NC(=O)c2cccc(S(=O)(=O)CC)c2)sc2cc(Br)ccc21. The van der Waals surface area contributed by atoms with Crippen LogP contribution in [0.5, 0.6) is 0 Å². The Morgan fingerprint density at radius 1 is 1.19 bits per heavy atom. The number of rotatable bonds is 4. The first kappa shape index (κ1) is 19.0. The van der Waals surface area contributed by atoms with E-state index in [4.69, 9.17) is 0 Å². The fraction of sp³-hybridized carbons (Fsp3) is 0.222. The van der Waals surface area contributed by atoms with Crippen molar-refractivity contribution < 1.29 is 13.2 Å². The average Bonchev–Trinajstić information content (AvgIpc) is 2.97. The fourth-order valence-electron chi connectivity index (χ4n) is 2.58. The van der Waals surface area contributed by atoms with E-state index < -0.39 is 15.7 Å². The van der Waals surface area contributed by atoms with E-state index >= 15 is 0 Å². The zero-order valence-electron chi connectivity index (χ0n) is 14.3. The Bertz CT molecular complexity index is 1160. The first-order valence-electron chi connectivity index (χ1n) is 8.06. The van der Waals surface area contributed by atoms with Crippen LogP contribution in [0.1, 0.15) is 24.2 Å². The lowest BCUT2D eigenvalue weighted by Crippen LogP contribution is -2.16. The monoisotopic (exact) mass is 452 g/mol. The number of amides is 1. The number of aryl methyl sites for hydroxylation is 1. The summed E-state index contributed by atoms with van der Waals surface area (Å²) in [5.74, 6) is -0.464. The van der Waals surface area contributed by atoms with E-state index in [0.717, 1.165) is 14.7 Å². The smallest absolute Gasteiger partial charge is 0.279 e. The molecule has 26 heavy (non-hydrogen) atoms. The quantitative estimate of drug-likeness (QED) is 0.599. The molecule has 5 nitrogen and oxygen atoms in total. The second-order valence-corrected chi connectivity index (χ2v) is 9.79. The van der Waals surface area contributed by atoms with E-state index in [9.17, 15) is 13.2 Å². The summed E-state index contributed by atoms with van der Waals surface area (Å²) in [5, 5.41) is 0. The highest BCUT2D eigenvalue weighted by Crippen LogP contribution is 2.22. The third-order valence-electron chi connectivity index (χ3n) is 3.98. The maximum absolute atomic E-state index is 12.6. The van der Waals surface area contributed by atoms with Gasteiger partial charge in [-0.05, 0) is 43.3 Å².